The van der Waals surface area contributed by atoms with Crippen LogP contribution in [0.1, 0.15) is 0 Å². The molecule has 0 saturated carbocycles. The quantitative estimate of drug-likeness (QED) is 0.336. The summed E-state index contributed by atoms with van der Waals surface area (Å²) in [7, 11) is 0. The molecular formula is C6H3O3. The van der Waals surface area contributed by atoms with Gasteiger partial charge < -0.3 is 0 Å². The molecule has 0 aliphatic heterocycles. The van der Waals surface area contributed by atoms with Gasteiger partial charge in [0.05, 0.1) is 0 Å². The van der Waals surface area contributed by atoms with Gasteiger partial charge in [-0.15, -0.1) is 0 Å². The Morgan fingerprint density at radius 2 is 1.89 bits per heavy atom. The topological polar surface area (TPSA) is 54.0 Å². The first-order valence-corrected chi connectivity index (χ1v) is 2.36. The molecule has 1 radical (unpaired) electrons. The van der Waals surface area contributed by atoms with Gasteiger partial charge in [0.25, 0.3) is 5.78 Å². The van der Waals surface area contributed by atoms with Crippen LogP contribution < -0.4 is 0 Å². The molecule has 0 aromatic carbocycles. The van der Waals surface area contributed by atoms with Crippen LogP contribution in [0.5, 0.6) is 0 Å². The molecule has 3 nitrogen and oxygen atoms in total. The highest BCUT2D eigenvalue weighted by Crippen LogP contribution is 2.00. The number of rotatable bonds is 0. The lowest BCUT2D eigenvalue weighted by Gasteiger charge is -1.92. The first-order valence-electron chi connectivity index (χ1n) is 2.36. The lowest BCUT2D eigenvalue weighted by Crippen LogP contribution is -2.14. The van der Waals surface area contributed by atoms with E-state index in [1.54, 1.807) is 0 Å². The van der Waals surface area contributed by atoms with Gasteiger partial charge in [-0.3, -0.25) is 14.7 Å². The van der Waals surface area contributed by atoms with Gasteiger partial charge in [-0.25, -0.2) is 0 Å². The zero-order valence-electron chi connectivity index (χ0n) is 4.46. The summed E-state index contributed by atoms with van der Waals surface area (Å²) in [6, 6.07) is 0. The SMILES string of the molecule is [O]C1=CC=CC(=O)C1=O. The van der Waals surface area contributed by atoms with Crippen molar-refractivity contribution >= 4 is 11.6 Å². The van der Waals surface area contributed by atoms with Crippen molar-refractivity contribution in [2.24, 2.45) is 0 Å². The molecule has 0 aromatic rings. The Hall–Kier alpha value is -1.38. The molecule has 1 aliphatic carbocycles. The van der Waals surface area contributed by atoms with Crippen molar-refractivity contribution in [3.63, 3.8) is 0 Å². The van der Waals surface area contributed by atoms with Crippen LogP contribution in [-0.2, 0) is 14.7 Å². The molecule has 1 rings (SSSR count). The second-order valence-corrected chi connectivity index (χ2v) is 1.58. The molecule has 0 N–H and O–H groups in total. The smallest absolute Gasteiger partial charge is 0.272 e. The van der Waals surface area contributed by atoms with Gasteiger partial charge in [0.1, 0.15) is 0 Å². The summed E-state index contributed by atoms with van der Waals surface area (Å²) in [5.41, 5.74) is 0. The first kappa shape index (κ1) is 5.75. The minimum absolute atomic E-state index is 0.734. The van der Waals surface area contributed by atoms with Gasteiger partial charge in [-0.1, -0.05) is 6.08 Å². The highest BCUT2D eigenvalue weighted by Gasteiger charge is 2.19. The normalized spacial score (nSPS) is 18.0. The number of Topliss-reactive ketones (excluding diaryl/α,β-unsaturated/α-hetero) is 1. The van der Waals surface area contributed by atoms with E-state index in [-0.39, 0.29) is 0 Å². The summed E-state index contributed by atoms with van der Waals surface area (Å²) in [4.78, 5) is 20.7. The minimum Gasteiger partial charge on any atom is -0.285 e. The van der Waals surface area contributed by atoms with Crippen LogP contribution in [0.2, 0.25) is 0 Å². The van der Waals surface area contributed by atoms with Crippen molar-refractivity contribution in [1.82, 2.24) is 0 Å². The Bertz CT molecular complexity index is 222. The summed E-state index contributed by atoms with van der Waals surface area (Å²) in [6.45, 7) is 0. The molecule has 1 aliphatic rings. The van der Waals surface area contributed by atoms with Crippen LogP contribution in [0.4, 0.5) is 0 Å². The lowest BCUT2D eigenvalue weighted by atomic mass is 10.1. The van der Waals surface area contributed by atoms with Crippen LogP contribution in [0.25, 0.3) is 0 Å². The van der Waals surface area contributed by atoms with Crippen molar-refractivity contribution < 1.29 is 14.7 Å². The Labute approximate surface area is 51.3 Å². The molecule has 0 heterocycles. The Kier molecular flexibility index (Phi) is 1.18. The molecule has 0 unspecified atom stereocenters. The number of hydrogen-bond acceptors (Lipinski definition) is 2. The van der Waals surface area contributed by atoms with Crippen LogP contribution in [0, 0.1) is 0 Å². The molecule has 3 heteroatoms. The standard InChI is InChI=1S/C6H3O3/c7-4-2-1-3-5(8)6(4)9/h1-3H. The fourth-order valence-corrected chi connectivity index (χ4v) is 0.496. The Balaban J connectivity index is 3.00. The van der Waals surface area contributed by atoms with E-state index in [0.717, 1.165) is 12.2 Å². The molecule has 0 amide bonds. The molecule has 0 bridgehead atoms. The summed E-state index contributed by atoms with van der Waals surface area (Å²) < 4.78 is 0. The van der Waals surface area contributed by atoms with Gasteiger partial charge in [0.2, 0.25) is 11.5 Å². The Morgan fingerprint density at radius 1 is 1.22 bits per heavy atom. The summed E-state index contributed by atoms with van der Waals surface area (Å²) >= 11 is 0. The van der Waals surface area contributed by atoms with E-state index in [2.05, 4.69) is 0 Å². The molecule has 9 heavy (non-hydrogen) atoms. The number of hydrogen-bond donors (Lipinski definition) is 0. The van der Waals surface area contributed by atoms with Crippen molar-refractivity contribution in [3.8, 4) is 0 Å². The largest absolute Gasteiger partial charge is 0.285 e. The molecule has 0 spiro atoms. The first-order chi connectivity index (χ1) is 4.22. The highest BCUT2D eigenvalue weighted by molar-refractivity contribution is 6.47. The van der Waals surface area contributed by atoms with Gasteiger partial charge in [0.15, 0.2) is 0 Å². The summed E-state index contributed by atoms with van der Waals surface area (Å²) in [6.07, 6.45) is 3.42. The van der Waals surface area contributed by atoms with Gasteiger partial charge in [0, 0.05) is 0 Å². The predicted octanol–water partition coefficient (Wildman–Crippen LogP) is 0.00880. The van der Waals surface area contributed by atoms with Crippen LogP contribution in [0.3, 0.4) is 0 Å². The monoisotopic (exact) mass is 123 g/mol. The summed E-state index contributed by atoms with van der Waals surface area (Å²) in [5.74, 6) is -2.41. The minimum atomic E-state index is -0.947. The maximum Gasteiger partial charge on any atom is 0.272 e. The second kappa shape index (κ2) is 1.85. The number of ketones is 2. The van der Waals surface area contributed by atoms with E-state index in [4.69, 9.17) is 0 Å². The fraction of sp³-hybridized carbons (Fsp3) is 0. The van der Waals surface area contributed by atoms with E-state index >= 15 is 0 Å². The molecule has 0 aromatic heterocycles. The average Bonchev–Trinajstić information content (AvgIpc) is 1.83. The maximum atomic E-state index is 10.3. The molecule has 45 valence electrons. The molecule has 0 saturated heterocycles. The number of carbonyl (C=O) groups is 2. The van der Waals surface area contributed by atoms with E-state index in [1.807, 2.05) is 0 Å². The van der Waals surface area contributed by atoms with E-state index in [0.29, 0.717) is 0 Å². The van der Waals surface area contributed by atoms with E-state index in [1.165, 1.54) is 6.08 Å². The molecular weight excluding hydrogens is 120 g/mol. The lowest BCUT2D eigenvalue weighted by molar-refractivity contribution is -0.133. The zero-order chi connectivity index (χ0) is 6.85. The highest BCUT2D eigenvalue weighted by atomic mass is 16.3. The maximum absolute atomic E-state index is 10.3. The van der Waals surface area contributed by atoms with Crippen molar-refractivity contribution in [1.29, 1.82) is 0 Å². The van der Waals surface area contributed by atoms with Crippen molar-refractivity contribution in [2.45, 2.75) is 0 Å². The average molecular weight is 123 g/mol. The molecule has 0 atom stereocenters. The molecule has 0 fully saturated rings. The second-order valence-electron chi connectivity index (χ2n) is 1.58. The third kappa shape index (κ3) is 0.887. The van der Waals surface area contributed by atoms with Crippen LogP contribution >= 0.6 is 0 Å². The third-order valence-corrected chi connectivity index (χ3v) is 0.943. The fourth-order valence-electron chi connectivity index (χ4n) is 0.496. The van der Waals surface area contributed by atoms with Gasteiger partial charge in [-0.2, -0.15) is 0 Å². The van der Waals surface area contributed by atoms with Crippen molar-refractivity contribution in [2.75, 3.05) is 0 Å². The van der Waals surface area contributed by atoms with Gasteiger partial charge >= 0.3 is 0 Å². The predicted molar refractivity (Wildman–Crippen MR) is 27.9 cm³/mol. The van der Waals surface area contributed by atoms with Crippen LogP contribution in [0.15, 0.2) is 24.0 Å². The van der Waals surface area contributed by atoms with Crippen molar-refractivity contribution in [3.05, 3.63) is 24.0 Å². The number of allylic oxidation sites excluding steroid dienone is 4. The van der Waals surface area contributed by atoms with E-state index < -0.39 is 17.3 Å². The van der Waals surface area contributed by atoms with Gasteiger partial charge in [-0.05, 0) is 12.2 Å². The summed E-state index contributed by atoms with van der Waals surface area (Å²) in [5, 5.41) is 10.3. The number of carbonyl (C=O) groups excluding carboxylic acids is 2. The third-order valence-electron chi connectivity index (χ3n) is 0.943. The van der Waals surface area contributed by atoms with E-state index in [9.17, 15) is 14.7 Å². The van der Waals surface area contributed by atoms with Crippen LogP contribution in [-0.4, -0.2) is 11.6 Å². The Morgan fingerprint density at radius 3 is 2.33 bits per heavy atom. The zero-order valence-corrected chi connectivity index (χ0v) is 4.46.